The zero-order valence-electron chi connectivity index (χ0n) is 10.0. The third-order valence-electron chi connectivity index (χ3n) is 2.34. The molecule has 0 aromatic heterocycles. The predicted octanol–water partition coefficient (Wildman–Crippen LogP) is 0.509. The molecule has 1 amide bonds. The third-order valence-corrected chi connectivity index (χ3v) is 2.34. The highest BCUT2D eigenvalue weighted by atomic mass is 16.3. The molecule has 3 N–H and O–H groups in total. The number of nitrogens with one attached hydrogen (secondary N) is 2. The molecule has 4 heteroatoms. The molecule has 15 heavy (non-hydrogen) atoms. The van der Waals surface area contributed by atoms with Crippen LogP contribution in [0.5, 0.6) is 0 Å². The molecule has 2 unspecified atom stereocenters. The zero-order valence-corrected chi connectivity index (χ0v) is 10.0. The average Bonchev–Trinajstić information content (AvgIpc) is 2.22. The quantitative estimate of drug-likeness (QED) is 0.554. The maximum absolute atomic E-state index is 11.4. The summed E-state index contributed by atoms with van der Waals surface area (Å²) < 4.78 is 0. The molecule has 0 heterocycles. The Bertz CT molecular complexity index is 174. The lowest BCUT2D eigenvalue weighted by Gasteiger charge is -2.16. The van der Waals surface area contributed by atoms with Gasteiger partial charge in [0.1, 0.15) is 0 Å². The van der Waals surface area contributed by atoms with Gasteiger partial charge in [-0.1, -0.05) is 13.8 Å². The second-order valence-electron chi connectivity index (χ2n) is 4.04. The molecule has 0 rings (SSSR count). The summed E-state index contributed by atoms with van der Waals surface area (Å²) in [6.45, 7) is 7.65. The summed E-state index contributed by atoms with van der Waals surface area (Å²) >= 11 is 0. The first-order valence-corrected chi connectivity index (χ1v) is 5.73. The summed E-state index contributed by atoms with van der Waals surface area (Å²) in [5.74, 6) is 0.449. The lowest BCUT2D eigenvalue weighted by molar-refractivity contribution is -0.122. The Balaban J connectivity index is 3.62. The second kappa shape index (κ2) is 8.68. The van der Waals surface area contributed by atoms with Gasteiger partial charge in [0.25, 0.3) is 0 Å². The molecule has 0 radical (unpaired) electrons. The molecule has 0 saturated heterocycles. The van der Waals surface area contributed by atoms with Gasteiger partial charge in [0.2, 0.25) is 5.91 Å². The maximum Gasteiger partial charge on any atom is 0.236 e. The van der Waals surface area contributed by atoms with Crippen LogP contribution in [0, 0.1) is 5.92 Å². The number of hydrogen-bond acceptors (Lipinski definition) is 3. The number of amides is 1. The molecular formula is C11H24N2O2. The van der Waals surface area contributed by atoms with Crippen LogP contribution >= 0.6 is 0 Å². The van der Waals surface area contributed by atoms with Crippen LogP contribution in [-0.4, -0.2) is 36.8 Å². The molecule has 0 aliphatic heterocycles. The van der Waals surface area contributed by atoms with Crippen molar-refractivity contribution < 1.29 is 9.90 Å². The van der Waals surface area contributed by atoms with Crippen molar-refractivity contribution in [3.63, 3.8) is 0 Å². The first-order chi connectivity index (χ1) is 7.11. The lowest BCUT2D eigenvalue weighted by atomic mass is 10.1. The lowest BCUT2D eigenvalue weighted by Crippen LogP contribution is -2.43. The van der Waals surface area contributed by atoms with E-state index >= 15 is 0 Å². The predicted molar refractivity (Wildman–Crippen MR) is 61.6 cm³/mol. The van der Waals surface area contributed by atoms with Crippen molar-refractivity contribution in [2.45, 2.75) is 39.7 Å². The largest absolute Gasteiger partial charge is 0.396 e. The second-order valence-corrected chi connectivity index (χ2v) is 4.04. The van der Waals surface area contributed by atoms with E-state index in [1.54, 1.807) is 0 Å². The number of aliphatic hydroxyl groups excluding tert-OH is 1. The molecule has 4 nitrogen and oxygen atoms in total. The molecule has 90 valence electrons. The standard InChI is InChI=1S/C11H24N2O2/c1-4-6-12-11(15)10(3)13-8-9(2)5-7-14/h9-10,13-14H,4-8H2,1-3H3,(H,12,15). The molecule has 0 saturated carbocycles. The van der Waals surface area contributed by atoms with Gasteiger partial charge in [-0.2, -0.15) is 0 Å². The average molecular weight is 216 g/mol. The van der Waals surface area contributed by atoms with Crippen molar-refractivity contribution >= 4 is 5.91 Å². The van der Waals surface area contributed by atoms with Crippen LogP contribution < -0.4 is 10.6 Å². The van der Waals surface area contributed by atoms with Crippen LogP contribution in [0.1, 0.15) is 33.6 Å². The first-order valence-electron chi connectivity index (χ1n) is 5.73. The summed E-state index contributed by atoms with van der Waals surface area (Å²) in [6, 6.07) is -0.155. The fourth-order valence-corrected chi connectivity index (χ4v) is 1.19. The molecule has 0 aliphatic rings. The van der Waals surface area contributed by atoms with Crippen molar-refractivity contribution in [3.05, 3.63) is 0 Å². The summed E-state index contributed by atoms with van der Waals surface area (Å²) in [4.78, 5) is 11.4. The van der Waals surface area contributed by atoms with Gasteiger partial charge in [0, 0.05) is 13.2 Å². The van der Waals surface area contributed by atoms with E-state index in [-0.39, 0.29) is 18.6 Å². The van der Waals surface area contributed by atoms with Gasteiger partial charge in [-0.15, -0.1) is 0 Å². The van der Waals surface area contributed by atoms with Crippen LogP contribution in [0.3, 0.4) is 0 Å². The number of carbonyl (C=O) groups excluding carboxylic acids is 1. The van der Waals surface area contributed by atoms with Gasteiger partial charge in [-0.25, -0.2) is 0 Å². The Morgan fingerprint density at radius 3 is 2.60 bits per heavy atom. The van der Waals surface area contributed by atoms with Crippen molar-refractivity contribution in [1.82, 2.24) is 10.6 Å². The molecule has 2 atom stereocenters. The fourth-order valence-electron chi connectivity index (χ4n) is 1.19. The van der Waals surface area contributed by atoms with Crippen molar-refractivity contribution in [2.75, 3.05) is 19.7 Å². The molecule has 0 aromatic carbocycles. The third kappa shape index (κ3) is 7.33. The Morgan fingerprint density at radius 2 is 2.07 bits per heavy atom. The monoisotopic (exact) mass is 216 g/mol. The highest BCUT2D eigenvalue weighted by Gasteiger charge is 2.12. The minimum Gasteiger partial charge on any atom is -0.396 e. The highest BCUT2D eigenvalue weighted by molar-refractivity contribution is 5.81. The van der Waals surface area contributed by atoms with E-state index < -0.39 is 0 Å². The van der Waals surface area contributed by atoms with Gasteiger partial charge in [0.05, 0.1) is 6.04 Å². The summed E-state index contributed by atoms with van der Waals surface area (Å²) in [6.07, 6.45) is 1.73. The minimum absolute atomic E-state index is 0.0491. The van der Waals surface area contributed by atoms with E-state index in [9.17, 15) is 4.79 Å². The fraction of sp³-hybridized carbons (Fsp3) is 0.909. The highest BCUT2D eigenvalue weighted by Crippen LogP contribution is 1.98. The molecule has 0 aliphatic carbocycles. The van der Waals surface area contributed by atoms with E-state index in [0.717, 1.165) is 25.9 Å². The normalized spacial score (nSPS) is 14.7. The number of hydrogen-bond donors (Lipinski definition) is 3. The Hall–Kier alpha value is -0.610. The molecule has 0 spiro atoms. The summed E-state index contributed by atoms with van der Waals surface area (Å²) in [5.41, 5.74) is 0. The van der Waals surface area contributed by atoms with Crippen LogP contribution in [0.2, 0.25) is 0 Å². The van der Waals surface area contributed by atoms with Gasteiger partial charge in [0.15, 0.2) is 0 Å². The van der Waals surface area contributed by atoms with E-state index in [2.05, 4.69) is 17.6 Å². The van der Waals surface area contributed by atoms with Gasteiger partial charge < -0.3 is 15.7 Å². The van der Waals surface area contributed by atoms with Crippen LogP contribution in [-0.2, 0) is 4.79 Å². The molecule has 0 fully saturated rings. The molecule has 0 aromatic rings. The van der Waals surface area contributed by atoms with Crippen molar-refractivity contribution in [3.8, 4) is 0 Å². The molecular weight excluding hydrogens is 192 g/mol. The van der Waals surface area contributed by atoms with Gasteiger partial charge in [-0.3, -0.25) is 4.79 Å². The van der Waals surface area contributed by atoms with Crippen LogP contribution in [0.15, 0.2) is 0 Å². The van der Waals surface area contributed by atoms with Crippen LogP contribution in [0.25, 0.3) is 0 Å². The van der Waals surface area contributed by atoms with Gasteiger partial charge in [-0.05, 0) is 32.2 Å². The van der Waals surface area contributed by atoms with E-state index in [4.69, 9.17) is 5.11 Å². The zero-order chi connectivity index (χ0) is 11.7. The van der Waals surface area contributed by atoms with Gasteiger partial charge >= 0.3 is 0 Å². The number of aliphatic hydroxyl groups is 1. The number of rotatable bonds is 8. The van der Waals surface area contributed by atoms with Crippen molar-refractivity contribution in [2.24, 2.45) is 5.92 Å². The Kier molecular flexibility index (Phi) is 8.33. The first kappa shape index (κ1) is 14.4. The summed E-state index contributed by atoms with van der Waals surface area (Å²) in [5, 5.41) is 14.7. The summed E-state index contributed by atoms with van der Waals surface area (Å²) in [7, 11) is 0. The van der Waals surface area contributed by atoms with E-state index in [1.165, 1.54) is 0 Å². The Morgan fingerprint density at radius 1 is 1.40 bits per heavy atom. The van der Waals surface area contributed by atoms with Crippen LogP contribution in [0.4, 0.5) is 0 Å². The SMILES string of the molecule is CCCNC(=O)C(C)NCC(C)CCO. The minimum atomic E-state index is -0.155. The smallest absolute Gasteiger partial charge is 0.236 e. The topological polar surface area (TPSA) is 61.4 Å². The van der Waals surface area contributed by atoms with Crippen molar-refractivity contribution in [1.29, 1.82) is 0 Å². The van der Waals surface area contributed by atoms with E-state index in [0.29, 0.717) is 5.92 Å². The maximum atomic E-state index is 11.4. The number of carbonyl (C=O) groups is 1. The molecule has 0 bridgehead atoms. The Labute approximate surface area is 92.4 Å². The van der Waals surface area contributed by atoms with E-state index in [1.807, 2.05) is 13.8 Å².